The Balaban J connectivity index is 2.11. The summed E-state index contributed by atoms with van der Waals surface area (Å²) in [7, 11) is 0. The topological polar surface area (TPSA) is 42.2 Å². The number of rotatable bonds is 5. The minimum atomic E-state index is 0.498. The molecule has 1 aliphatic carbocycles. The normalized spacial score (nSPS) is 15.0. The summed E-state index contributed by atoms with van der Waals surface area (Å²) in [6.45, 7) is 6.10. The van der Waals surface area contributed by atoms with Gasteiger partial charge in [0.15, 0.2) is 0 Å². The summed E-state index contributed by atoms with van der Waals surface area (Å²) in [5.41, 5.74) is 6.80. The number of nitrogens with zero attached hydrogens (tertiary/aromatic N) is 2. The van der Waals surface area contributed by atoms with Crippen LogP contribution in [-0.2, 0) is 6.54 Å². The van der Waals surface area contributed by atoms with Crippen molar-refractivity contribution in [3.63, 3.8) is 0 Å². The van der Waals surface area contributed by atoms with Crippen molar-refractivity contribution < 1.29 is 0 Å². The molecule has 1 aliphatic rings. The smallest absolute Gasteiger partial charge is 0.137 e. The number of hydrogen-bond acceptors (Lipinski definition) is 3. The molecule has 3 heteroatoms. The fourth-order valence-electron chi connectivity index (χ4n) is 2.75. The van der Waals surface area contributed by atoms with Crippen LogP contribution in [0.25, 0.3) is 10.8 Å². The van der Waals surface area contributed by atoms with Crippen molar-refractivity contribution in [2.24, 2.45) is 11.7 Å². The molecule has 0 radical (unpaired) electrons. The molecule has 1 saturated carbocycles. The molecular formula is C17H23N3. The largest absolute Gasteiger partial charge is 0.353 e. The molecule has 20 heavy (non-hydrogen) atoms. The molecule has 0 atom stereocenters. The third kappa shape index (κ3) is 2.63. The summed E-state index contributed by atoms with van der Waals surface area (Å²) >= 11 is 0. The first kappa shape index (κ1) is 13.4. The van der Waals surface area contributed by atoms with E-state index in [9.17, 15) is 0 Å². The first-order valence-electron chi connectivity index (χ1n) is 7.54. The highest BCUT2D eigenvalue weighted by Crippen LogP contribution is 2.35. The molecule has 106 valence electrons. The molecule has 0 saturated heterocycles. The number of pyridine rings is 1. The molecule has 3 rings (SSSR count). The van der Waals surface area contributed by atoms with Crippen LogP contribution in [0.3, 0.4) is 0 Å². The van der Waals surface area contributed by atoms with Gasteiger partial charge in [-0.3, -0.25) is 0 Å². The zero-order chi connectivity index (χ0) is 14.1. The maximum Gasteiger partial charge on any atom is 0.137 e. The average Bonchev–Trinajstić information content (AvgIpc) is 3.28. The molecule has 0 bridgehead atoms. The van der Waals surface area contributed by atoms with E-state index in [1.165, 1.54) is 23.6 Å². The van der Waals surface area contributed by atoms with E-state index in [2.05, 4.69) is 49.1 Å². The summed E-state index contributed by atoms with van der Waals surface area (Å²) in [5.74, 6) is 1.76. The summed E-state index contributed by atoms with van der Waals surface area (Å²) in [6, 6.07) is 11.3. The summed E-state index contributed by atoms with van der Waals surface area (Å²) in [5, 5.41) is 2.49. The monoisotopic (exact) mass is 269 g/mol. The number of hydrogen-bond donors (Lipinski definition) is 1. The van der Waals surface area contributed by atoms with Crippen molar-refractivity contribution in [2.45, 2.75) is 39.3 Å². The Morgan fingerprint density at radius 2 is 2.05 bits per heavy atom. The van der Waals surface area contributed by atoms with Crippen molar-refractivity contribution >= 4 is 16.6 Å². The van der Waals surface area contributed by atoms with Gasteiger partial charge in [0.1, 0.15) is 5.82 Å². The minimum Gasteiger partial charge on any atom is -0.353 e. The van der Waals surface area contributed by atoms with Gasteiger partial charge in [0.2, 0.25) is 0 Å². The number of fused-ring (bicyclic) bond motifs is 1. The highest BCUT2D eigenvalue weighted by Gasteiger charge is 2.31. The van der Waals surface area contributed by atoms with E-state index in [0.29, 0.717) is 18.5 Å². The van der Waals surface area contributed by atoms with Crippen LogP contribution in [0.1, 0.15) is 32.4 Å². The van der Waals surface area contributed by atoms with E-state index < -0.39 is 0 Å². The Bertz CT molecular complexity index is 602. The van der Waals surface area contributed by atoms with Gasteiger partial charge < -0.3 is 10.6 Å². The SMILES string of the molecule is CC(C)CN(c1nc(CN)cc2ccccc12)C1CC1. The van der Waals surface area contributed by atoms with Gasteiger partial charge in [0.25, 0.3) is 0 Å². The molecule has 0 spiro atoms. The maximum atomic E-state index is 5.82. The molecule has 0 unspecified atom stereocenters. The van der Waals surface area contributed by atoms with Crippen LogP contribution in [0.15, 0.2) is 30.3 Å². The van der Waals surface area contributed by atoms with E-state index in [-0.39, 0.29) is 0 Å². The highest BCUT2D eigenvalue weighted by molar-refractivity contribution is 5.92. The number of anilines is 1. The Kier molecular flexibility index (Phi) is 3.62. The lowest BCUT2D eigenvalue weighted by Crippen LogP contribution is -2.31. The molecule has 1 heterocycles. The van der Waals surface area contributed by atoms with Crippen LogP contribution in [0.4, 0.5) is 5.82 Å². The van der Waals surface area contributed by atoms with Gasteiger partial charge in [-0.05, 0) is 30.2 Å². The number of benzene rings is 1. The van der Waals surface area contributed by atoms with Crippen molar-refractivity contribution in [2.75, 3.05) is 11.4 Å². The van der Waals surface area contributed by atoms with E-state index >= 15 is 0 Å². The molecule has 0 amide bonds. The average molecular weight is 269 g/mol. The standard InChI is InChI=1S/C17H23N3/c1-12(2)11-20(15-7-8-15)17-16-6-4-3-5-13(16)9-14(10-18)19-17/h3-6,9,12,15H,7-8,10-11,18H2,1-2H3. The molecule has 3 nitrogen and oxygen atoms in total. The molecule has 0 aliphatic heterocycles. The Morgan fingerprint density at radius 3 is 2.70 bits per heavy atom. The van der Waals surface area contributed by atoms with Crippen molar-refractivity contribution in [1.29, 1.82) is 0 Å². The van der Waals surface area contributed by atoms with Crippen LogP contribution in [-0.4, -0.2) is 17.6 Å². The van der Waals surface area contributed by atoms with Crippen LogP contribution in [0, 0.1) is 5.92 Å². The second kappa shape index (κ2) is 5.41. The Hall–Kier alpha value is -1.61. The molecule has 1 aromatic carbocycles. The first-order chi connectivity index (χ1) is 9.69. The van der Waals surface area contributed by atoms with Gasteiger partial charge in [-0.2, -0.15) is 0 Å². The first-order valence-corrected chi connectivity index (χ1v) is 7.54. The van der Waals surface area contributed by atoms with Crippen LogP contribution in [0.5, 0.6) is 0 Å². The molecule has 2 aromatic rings. The Morgan fingerprint density at radius 1 is 1.30 bits per heavy atom. The Labute approximate surface area is 120 Å². The molecular weight excluding hydrogens is 246 g/mol. The number of nitrogens with two attached hydrogens (primary N) is 1. The van der Waals surface area contributed by atoms with E-state index in [1.54, 1.807) is 0 Å². The van der Waals surface area contributed by atoms with Crippen LogP contribution in [0.2, 0.25) is 0 Å². The van der Waals surface area contributed by atoms with Gasteiger partial charge in [-0.15, -0.1) is 0 Å². The predicted octanol–water partition coefficient (Wildman–Crippen LogP) is 3.32. The minimum absolute atomic E-state index is 0.498. The second-order valence-electron chi connectivity index (χ2n) is 6.14. The predicted molar refractivity (Wildman–Crippen MR) is 84.8 cm³/mol. The summed E-state index contributed by atoms with van der Waals surface area (Å²) in [6.07, 6.45) is 2.57. The fourth-order valence-corrected chi connectivity index (χ4v) is 2.75. The van der Waals surface area contributed by atoms with Gasteiger partial charge in [-0.25, -0.2) is 4.98 Å². The lowest BCUT2D eigenvalue weighted by atomic mass is 10.1. The lowest BCUT2D eigenvalue weighted by molar-refractivity contribution is 0.603. The van der Waals surface area contributed by atoms with Crippen LogP contribution >= 0.6 is 0 Å². The van der Waals surface area contributed by atoms with Gasteiger partial charge in [0, 0.05) is 24.5 Å². The quantitative estimate of drug-likeness (QED) is 0.905. The van der Waals surface area contributed by atoms with Crippen molar-refractivity contribution in [1.82, 2.24) is 4.98 Å². The van der Waals surface area contributed by atoms with E-state index in [0.717, 1.165) is 18.1 Å². The fraction of sp³-hybridized carbons (Fsp3) is 0.471. The van der Waals surface area contributed by atoms with E-state index in [1.807, 2.05) is 0 Å². The van der Waals surface area contributed by atoms with Gasteiger partial charge >= 0.3 is 0 Å². The van der Waals surface area contributed by atoms with Crippen LogP contribution < -0.4 is 10.6 Å². The maximum absolute atomic E-state index is 5.82. The third-order valence-electron chi connectivity index (χ3n) is 3.80. The lowest BCUT2D eigenvalue weighted by Gasteiger charge is -2.27. The molecule has 2 N–H and O–H groups in total. The third-order valence-corrected chi connectivity index (χ3v) is 3.80. The molecule has 1 fully saturated rings. The summed E-state index contributed by atoms with van der Waals surface area (Å²) in [4.78, 5) is 7.33. The second-order valence-corrected chi connectivity index (χ2v) is 6.14. The van der Waals surface area contributed by atoms with Gasteiger partial charge in [-0.1, -0.05) is 38.1 Å². The van der Waals surface area contributed by atoms with Crippen molar-refractivity contribution in [3.05, 3.63) is 36.0 Å². The zero-order valence-corrected chi connectivity index (χ0v) is 12.3. The summed E-state index contributed by atoms with van der Waals surface area (Å²) < 4.78 is 0. The van der Waals surface area contributed by atoms with E-state index in [4.69, 9.17) is 10.7 Å². The number of aromatic nitrogens is 1. The highest BCUT2D eigenvalue weighted by atomic mass is 15.2. The molecule has 1 aromatic heterocycles. The van der Waals surface area contributed by atoms with Crippen molar-refractivity contribution in [3.8, 4) is 0 Å². The van der Waals surface area contributed by atoms with Gasteiger partial charge in [0.05, 0.1) is 5.69 Å². The zero-order valence-electron chi connectivity index (χ0n) is 12.3.